The molecule has 84 valence electrons. The summed E-state index contributed by atoms with van der Waals surface area (Å²) in [6, 6.07) is 7.98. The molecule has 0 saturated heterocycles. The van der Waals surface area contributed by atoms with Crippen molar-refractivity contribution in [3.63, 3.8) is 0 Å². The lowest BCUT2D eigenvalue weighted by atomic mass is 10.1. The highest BCUT2D eigenvalue weighted by atomic mass is 32.2. The summed E-state index contributed by atoms with van der Waals surface area (Å²) in [5.41, 5.74) is 8.27. The van der Waals surface area contributed by atoms with Gasteiger partial charge in [0, 0.05) is 27.8 Å². The van der Waals surface area contributed by atoms with Crippen LogP contribution in [0.4, 0.5) is 0 Å². The van der Waals surface area contributed by atoms with Gasteiger partial charge in [0.05, 0.1) is 0 Å². The van der Waals surface area contributed by atoms with Crippen molar-refractivity contribution in [3.8, 4) is 0 Å². The van der Waals surface area contributed by atoms with Gasteiger partial charge >= 0.3 is 0 Å². The molecule has 0 aliphatic carbocycles. The third kappa shape index (κ3) is 3.76. The zero-order chi connectivity index (χ0) is 11.4. The number of hydrogen-bond donors (Lipinski definition) is 1. The highest BCUT2D eigenvalue weighted by Gasteiger charge is 2.12. The van der Waals surface area contributed by atoms with Crippen molar-refractivity contribution in [2.24, 2.45) is 5.73 Å². The second-order valence-corrected chi connectivity index (χ2v) is 6.15. The predicted molar refractivity (Wildman–Crippen MR) is 66.3 cm³/mol. The van der Waals surface area contributed by atoms with Crippen LogP contribution in [0.25, 0.3) is 0 Å². The Labute approximate surface area is 94.3 Å². The number of benzene rings is 1. The van der Waals surface area contributed by atoms with Gasteiger partial charge in [-0.1, -0.05) is 43.7 Å². The van der Waals surface area contributed by atoms with Crippen molar-refractivity contribution in [1.29, 1.82) is 0 Å². The lowest BCUT2D eigenvalue weighted by molar-refractivity contribution is 0.668. The Hall–Kier alpha value is -0.670. The highest BCUT2D eigenvalue weighted by Crippen LogP contribution is 2.13. The van der Waals surface area contributed by atoms with E-state index in [4.69, 9.17) is 5.73 Å². The highest BCUT2D eigenvalue weighted by molar-refractivity contribution is 7.85. The monoisotopic (exact) mass is 225 g/mol. The first-order valence-corrected chi connectivity index (χ1v) is 6.58. The quantitative estimate of drug-likeness (QED) is 0.853. The summed E-state index contributed by atoms with van der Waals surface area (Å²) in [7, 11) is -0.833. The Morgan fingerprint density at radius 3 is 2.27 bits per heavy atom. The van der Waals surface area contributed by atoms with Gasteiger partial charge in [-0.25, -0.2) is 0 Å². The molecule has 2 N–H and O–H groups in total. The van der Waals surface area contributed by atoms with Crippen LogP contribution >= 0.6 is 0 Å². The smallest absolute Gasteiger partial charge is 0.0431 e. The molecule has 1 rings (SSSR count). The minimum atomic E-state index is -0.833. The molecule has 0 amide bonds. The van der Waals surface area contributed by atoms with Crippen LogP contribution in [-0.4, -0.2) is 15.2 Å². The first kappa shape index (κ1) is 12.4. The maximum Gasteiger partial charge on any atom is 0.0431 e. The Kier molecular flexibility index (Phi) is 4.48. The van der Waals surface area contributed by atoms with Gasteiger partial charge in [-0.2, -0.15) is 0 Å². The Morgan fingerprint density at radius 1 is 1.27 bits per heavy atom. The molecular weight excluding hydrogens is 206 g/mol. The van der Waals surface area contributed by atoms with Gasteiger partial charge in [0.1, 0.15) is 0 Å². The zero-order valence-corrected chi connectivity index (χ0v) is 10.4. The molecule has 0 aliphatic heterocycles. The SMILES string of the molecule is Cc1ccc(C(N)CS(=O)C(C)C)cc1. The van der Waals surface area contributed by atoms with E-state index < -0.39 is 10.8 Å². The molecule has 1 aromatic rings. The van der Waals surface area contributed by atoms with Crippen LogP contribution in [-0.2, 0) is 10.8 Å². The van der Waals surface area contributed by atoms with Crippen molar-refractivity contribution in [3.05, 3.63) is 35.4 Å². The molecule has 0 aromatic heterocycles. The first-order valence-electron chi connectivity index (χ1n) is 5.20. The van der Waals surface area contributed by atoms with Gasteiger partial charge in [-0.15, -0.1) is 0 Å². The first-order chi connectivity index (χ1) is 7.00. The maximum absolute atomic E-state index is 11.6. The van der Waals surface area contributed by atoms with E-state index >= 15 is 0 Å². The third-order valence-electron chi connectivity index (χ3n) is 2.38. The van der Waals surface area contributed by atoms with Crippen molar-refractivity contribution in [1.82, 2.24) is 0 Å². The molecule has 0 fully saturated rings. The van der Waals surface area contributed by atoms with Crippen molar-refractivity contribution < 1.29 is 4.21 Å². The average molecular weight is 225 g/mol. The summed E-state index contributed by atoms with van der Waals surface area (Å²) in [6.07, 6.45) is 0. The summed E-state index contributed by atoms with van der Waals surface area (Å²) < 4.78 is 11.6. The van der Waals surface area contributed by atoms with Gasteiger partial charge in [-0.05, 0) is 12.5 Å². The standard InChI is InChI=1S/C12H19NOS/c1-9(2)15(14)8-12(13)11-6-4-10(3)5-7-11/h4-7,9,12H,8,13H2,1-3H3. The largest absolute Gasteiger partial charge is 0.323 e. The lowest BCUT2D eigenvalue weighted by Crippen LogP contribution is -2.22. The molecular formula is C12H19NOS. The van der Waals surface area contributed by atoms with Crippen LogP contribution < -0.4 is 5.73 Å². The normalized spacial score (nSPS) is 15.3. The van der Waals surface area contributed by atoms with E-state index in [1.54, 1.807) is 0 Å². The summed E-state index contributed by atoms with van der Waals surface area (Å²) in [5, 5.41) is 0.182. The molecule has 0 saturated carbocycles. The number of rotatable bonds is 4. The molecule has 0 spiro atoms. The second kappa shape index (κ2) is 5.42. The Bertz CT molecular complexity index is 332. The molecule has 0 heterocycles. The Morgan fingerprint density at radius 2 is 1.80 bits per heavy atom. The van der Waals surface area contributed by atoms with Crippen LogP contribution in [0.3, 0.4) is 0 Å². The van der Waals surface area contributed by atoms with E-state index in [1.165, 1.54) is 5.56 Å². The van der Waals surface area contributed by atoms with Crippen molar-refractivity contribution >= 4 is 10.8 Å². The third-order valence-corrected chi connectivity index (χ3v) is 4.11. The fourth-order valence-corrected chi connectivity index (χ4v) is 2.21. The van der Waals surface area contributed by atoms with Crippen molar-refractivity contribution in [2.75, 3.05) is 5.75 Å². The van der Waals surface area contributed by atoms with E-state index in [-0.39, 0.29) is 11.3 Å². The van der Waals surface area contributed by atoms with E-state index in [9.17, 15) is 4.21 Å². The zero-order valence-electron chi connectivity index (χ0n) is 9.57. The second-order valence-electron chi connectivity index (χ2n) is 4.11. The molecule has 2 nitrogen and oxygen atoms in total. The minimum Gasteiger partial charge on any atom is -0.323 e. The van der Waals surface area contributed by atoms with Gasteiger partial charge in [0.25, 0.3) is 0 Å². The van der Waals surface area contributed by atoms with Gasteiger partial charge in [0.2, 0.25) is 0 Å². The molecule has 0 aliphatic rings. The van der Waals surface area contributed by atoms with Crippen molar-refractivity contribution in [2.45, 2.75) is 32.1 Å². The van der Waals surface area contributed by atoms with Gasteiger partial charge < -0.3 is 5.73 Å². The summed E-state index contributed by atoms with van der Waals surface area (Å²) in [5.74, 6) is 0.542. The number of nitrogens with two attached hydrogens (primary N) is 1. The summed E-state index contributed by atoms with van der Waals surface area (Å²) in [6.45, 7) is 5.96. The van der Waals surface area contributed by atoms with E-state index in [2.05, 4.69) is 0 Å². The molecule has 0 bridgehead atoms. The summed E-state index contributed by atoms with van der Waals surface area (Å²) in [4.78, 5) is 0. The van der Waals surface area contributed by atoms with Crippen LogP contribution in [0.15, 0.2) is 24.3 Å². The van der Waals surface area contributed by atoms with Crippen LogP contribution in [0, 0.1) is 6.92 Å². The molecule has 15 heavy (non-hydrogen) atoms. The van der Waals surface area contributed by atoms with E-state index in [0.29, 0.717) is 5.75 Å². The molecule has 1 aromatic carbocycles. The van der Waals surface area contributed by atoms with E-state index in [1.807, 2.05) is 45.0 Å². The van der Waals surface area contributed by atoms with E-state index in [0.717, 1.165) is 5.56 Å². The lowest BCUT2D eigenvalue weighted by Gasteiger charge is -2.13. The van der Waals surface area contributed by atoms with Gasteiger partial charge in [-0.3, -0.25) is 4.21 Å². The molecule has 0 radical (unpaired) electrons. The van der Waals surface area contributed by atoms with Crippen LogP contribution in [0.5, 0.6) is 0 Å². The minimum absolute atomic E-state index is 0.117. The topological polar surface area (TPSA) is 43.1 Å². The molecule has 2 atom stereocenters. The average Bonchev–Trinajstić information content (AvgIpc) is 2.18. The Balaban J connectivity index is 2.65. The fraction of sp³-hybridized carbons (Fsp3) is 0.500. The summed E-state index contributed by atoms with van der Waals surface area (Å²) >= 11 is 0. The van der Waals surface area contributed by atoms with Crippen LogP contribution in [0.2, 0.25) is 0 Å². The molecule has 3 heteroatoms. The number of hydrogen-bond acceptors (Lipinski definition) is 2. The fourth-order valence-electron chi connectivity index (χ4n) is 1.28. The number of aryl methyl sites for hydroxylation is 1. The molecule has 2 unspecified atom stereocenters. The maximum atomic E-state index is 11.6. The van der Waals surface area contributed by atoms with Crippen LogP contribution in [0.1, 0.15) is 31.0 Å². The van der Waals surface area contributed by atoms with Gasteiger partial charge in [0.15, 0.2) is 0 Å². The predicted octanol–water partition coefficient (Wildman–Crippen LogP) is 2.15.